The molecular weight excluding hydrogens is 394 g/mol. The van der Waals surface area contributed by atoms with E-state index >= 15 is 0 Å². The average Bonchev–Trinajstić information content (AvgIpc) is 2.99. The normalized spacial score (nSPS) is 47.2. The summed E-state index contributed by atoms with van der Waals surface area (Å²) in [7, 11) is 0. The van der Waals surface area contributed by atoms with Crippen molar-refractivity contribution in [3.05, 3.63) is 24.3 Å². The third-order valence-electron chi connectivity index (χ3n) is 9.24. The molecule has 0 radical (unpaired) electrons. The molecule has 3 N–H and O–H groups in total. The molecule has 1 unspecified atom stereocenters. The maximum absolute atomic E-state index is 13.2. The third-order valence-corrected chi connectivity index (χ3v) is 9.24. The highest BCUT2D eigenvalue weighted by Gasteiger charge is 2.66. The fraction of sp³-hybridized carbons (Fsp3) is 0.760. The van der Waals surface area contributed by atoms with Crippen LogP contribution in [0.3, 0.4) is 0 Å². The fourth-order valence-corrected chi connectivity index (χ4v) is 7.39. The number of allylic oxidation sites excluding steroid dienone is 1. The Morgan fingerprint density at radius 3 is 2.71 bits per heavy atom. The summed E-state index contributed by atoms with van der Waals surface area (Å²) in [6.07, 6.45) is 6.29. The van der Waals surface area contributed by atoms with Crippen molar-refractivity contribution in [2.75, 3.05) is 6.61 Å². The van der Waals surface area contributed by atoms with Gasteiger partial charge in [-0.3, -0.25) is 4.79 Å². The lowest BCUT2D eigenvalue weighted by Gasteiger charge is -2.59. The van der Waals surface area contributed by atoms with Crippen LogP contribution in [-0.4, -0.2) is 51.2 Å². The first-order valence-corrected chi connectivity index (χ1v) is 11.7. The molecule has 0 bridgehead atoms. The van der Waals surface area contributed by atoms with E-state index in [0.717, 1.165) is 37.0 Å². The van der Waals surface area contributed by atoms with Gasteiger partial charge in [0, 0.05) is 23.7 Å². The first-order valence-electron chi connectivity index (χ1n) is 11.7. The van der Waals surface area contributed by atoms with Crippen LogP contribution in [0.2, 0.25) is 0 Å². The first kappa shape index (κ1) is 22.7. The van der Waals surface area contributed by atoms with Gasteiger partial charge in [0.05, 0.1) is 23.5 Å². The number of aliphatic hydroxyl groups is 3. The number of carbonyl (C=O) groups excluding carboxylic acids is 1. The maximum Gasteiger partial charge on any atom is 0.159 e. The second-order valence-corrected chi connectivity index (χ2v) is 10.7. The Kier molecular flexibility index (Phi) is 5.72. The highest BCUT2D eigenvalue weighted by Crippen LogP contribution is 2.67. The highest BCUT2D eigenvalue weighted by molar-refractivity contribution is 5.95. The number of oxime groups is 1. The summed E-state index contributed by atoms with van der Waals surface area (Å²) >= 11 is 0. The summed E-state index contributed by atoms with van der Waals surface area (Å²) < 4.78 is 0. The Morgan fingerprint density at radius 1 is 1.26 bits per heavy atom. The van der Waals surface area contributed by atoms with Crippen molar-refractivity contribution in [1.82, 2.24) is 0 Å². The number of nitrogens with zero attached hydrogens (tertiary/aromatic N) is 1. The van der Waals surface area contributed by atoms with Crippen molar-refractivity contribution in [1.29, 1.82) is 0 Å². The van der Waals surface area contributed by atoms with Crippen LogP contribution in [0.25, 0.3) is 0 Å². The Balaban J connectivity index is 1.66. The quantitative estimate of drug-likeness (QED) is 0.269. The molecular formula is C25H37NO5. The topological polar surface area (TPSA) is 99.4 Å². The number of ketones is 1. The van der Waals surface area contributed by atoms with Crippen molar-refractivity contribution >= 4 is 11.5 Å². The Labute approximate surface area is 185 Å². The van der Waals surface area contributed by atoms with E-state index in [4.69, 9.17) is 4.84 Å². The SMILES string of the molecule is C=CCCO/N=C(/C)[C@H]1CC[C@@]2(O)C3=CC(=O)[C@@H]4C[C@@H](O)[C@@H](O)C[C@]4(C)C3CC[C@]12C. The van der Waals surface area contributed by atoms with E-state index in [1.807, 2.05) is 6.92 Å². The zero-order chi connectivity index (χ0) is 22.6. The van der Waals surface area contributed by atoms with Crippen LogP contribution in [0.1, 0.15) is 65.7 Å². The minimum absolute atomic E-state index is 0.0148. The van der Waals surface area contributed by atoms with E-state index in [1.165, 1.54) is 0 Å². The lowest BCUT2D eigenvalue weighted by Crippen LogP contribution is -2.60. The lowest BCUT2D eigenvalue weighted by molar-refractivity contribution is -0.151. The minimum atomic E-state index is -1.07. The van der Waals surface area contributed by atoms with Crippen molar-refractivity contribution in [3.8, 4) is 0 Å². The molecule has 0 aromatic heterocycles. The van der Waals surface area contributed by atoms with Gasteiger partial charge in [0.15, 0.2) is 5.78 Å². The van der Waals surface area contributed by atoms with Crippen molar-refractivity contribution in [2.24, 2.45) is 33.7 Å². The van der Waals surface area contributed by atoms with Gasteiger partial charge in [-0.1, -0.05) is 25.1 Å². The van der Waals surface area contributed by atoms with Gasteiger partial charge in [0.25, 0.3) is 0 Å². The van der Waals surface area contributed by atoms with Gasteiger partial charge in [-0.15, -0.1) is 6.58 Å². The molecule has 3 saturated carbocycles. The molecule has 0 heterocycles. The molecule has 31 heavy (non-hydrogen) atoms. The third kappa shape index (κ3) is 3.25. The van der Waals surface area contributed by atoms with Crippen LogP contribution in [0.5, 0.6) is 0 Å². The molecule has 8 atom stereocenters. The molecule has 4 aliphatic rings. The molecule has 4 aliphatic carbocycles. The standard InChI is InChI=1S/C25H37NO5/c1-5-6-11-31-26-15(2)16-8-10-25(30)18-12-20(27)19-13-21(28)22(29)14-23(19,3)17(18)7-9-24(16,25)4/h5,12,16-17,19,21-22,28-30H,1,6-11,13-14H2,2-4H3/b26-15-/t16-,17?,19+,21-,22+,23-,24-,25-/m1/s1. The smallest absolute Gasteiger partial charge is 0.159 e. The second-order valence-electron chi connectivity index (χ2n) is 10.7. The summed E-state index contributed by atoms with van der Waals surface area (Å²) in [4.78, 5) is 18.6. The predicted molar refractivity (Wildman–Crippen MR) is 118 cm³/mol. The van der Waals surface area contributed by atoms with E-state index < -0.39 is 28.6 Å². The Hall–Kier alpha value is -1.50. The Bertz CT molecular complexity index is 821. The van der Waals surface area contributed by atoms with Gasteiger partial charge in [-0.05, 0) is 68.4 Å². The van der Waals surface area contributed by atoms with E-state index in [1.54, 1.807) is 12.2 Å². The van der Waals surface area contributed by atoms with E-state index in [2.05, 4.69) is 25.6 Å². The molecule has 6 nitrogen and oxygen atoms in total. The first-order chi connectivity index (χ1) is 14.6. The van der Waals surface area contributed by atoms with Crippen LogP contribution in [0, 0.1) is 28.6 Å². The highest BCUT2D eigenvalue weighted by atomic mass is 16.6. The van der Waals surface area contributed by atoms with Gasteiger partial charge >= 0.3 is 0 Å². The molecule has 0 amide bonds. The molecule has 3 fully saturated rings. The number of rotatable bonds is 5. The summed E-state index contributed by atoms with van der Waals surface area (Å²) in [5, 5.41) is 37.0. The summed E-state index contributed by atoms with van der Waals surface area (Å²) in [5.74, 6) is -0.192. The average molecular weight is 432 g/mol. The molecule has 0 aromatic carbocycles. The maximum atomic E-state index is 13.2. The zero-order valence-electron chi connectivity index (χ0n) is 19.0. The number of hydrogen-bond acceptors (Lipinski definition) is 6. The van der Waals surface area contributed by atoms with E-state index in [9.17, 15) is 20.1 Å². The van der Waals surface area contributed by atoms with Gasteiger partial charge in [0.1, 0.15) is 6.61 Å². The van der Waals surface area contributed by atoms with Crippen molar-refractivity contribution in [3.63, 3.8) is 0 Å². The van der Waals surface area contributed by atoms with Crippen molar-refractivity contribution in [2.45, 2.75) is 83.5 Å². The molecule has 0 saturated heterocycles. The van der Waals surface area contributed by atoms with Gasteiger partial charge < -0.3 is 20.2 Å². The van der Waals surface area contributed by atoms with Crippen molar-refractivity contribution < 1.29 is 25.0 Å². The largest absolute Gasteiger partial charge is 0.396 e. The van der Waals surface area contributed by atoms with E-state index in [0.29, 0.717) is 25.9 Å². The number of carbonyl (C=O) groups is 1. The van der Waals surface area contributed by atoms with Crippen LogP contribution in [0.4, 0.5) is 0 Å². The zero-order valence-corrected chi connectivity index (χ0v) is 19.0. The lowest BCUT2D eigenvalue weighted by atomic mass is 9.46. The minimum Gasteiger partial charge on any atom is -0.396 e. The van der Waals surface area contributed by atoms with Crippen LogP contribution < -0.4 is 0 Å². The van der Waals surface area contributed by atoms with E-state index in [-0.39, 0.29) is 23.5 Å². The van der Waals surface area contributed by atoms with Crippen LogP contribution in [-0.2, 0) is 9.63 Å². The molecule has 0 aromatic rings. The Morgan fingerprint density at radius 2 is 2.00 bits per heavy atom. The molecule has 0 aliphatic heterocycles. The second kappa shape index (κ2) is 7.82. The summed E-state index contributed by atoms with van der Waals surface area (Å²) in [5.41, 5.74) is -0.184. The number of fused-ring (bicyclic) bond motifs is 5. The predicted octanol–water partition coefficient (Wildman–Crippen LogP) is 3.16. The molecule has 172 valence electrons. The molecule has 6 heteroatoms. The van der Waals surface area contributed by atoms with Crippen LogP contribution in [0.15, 0.2) is 29.5 Å². The number of aliphatic hydroxyl groups excluding tert-OH is 2. The summed E-state index contributed by atoms with van der Waals surface area (Å²) in [6.45, 7) is 10.4. The van der Waals surface area contributed by atoms with Gasteiger partial charge in [-0.25, -0.2) is 0 Å². The molecule has 4 rings (SSSR count). The summed E-state index contributed by atoms with van der Waals surface area (Å²) in [6, 6.07) is 0. The monoisotopic (exact) mass is 431 g/mol. The number of hydrogen-bond donors (Lipinski definition) is 3. The van der Waals surface area contributed by atoms with Gasteiger partial charge in [0.2, 0.25) is 0 Å². The molecule has 0 spiro atoms. The van der Waals surface area contributed by atoms with Crippen LogP contribution >= 0.6 is 0 Å². The fourth-order valence-electron chi connectivity index (χ4n) is 7.39. The van der Waals surface area contributed by atoms with Gasteiger partial charge in [-0.2, -0.15) is 0 Å².